The van der Waals surface area contributed by atoms with E-state index in [4.69, 9.17) is 0 Å². The summed E-state index contributed by atoms with van der Waals surface area (Å²) < 4.78 is 0. The van der Waals surface area contributed by atoms with E-state index < -0.39 is 12.0 Å². The van der Waals surface area contributed by atoms with Crippen molar-refractivity contribution in [1.82, 2.24) is 15.3 Å². The fourth-order valence-electron chi connectivity index (χ4n) is 2.09. The molecule has 0 aromatic carbocycles. The highest BCUT2D eigenvalue weighted by molar-refractivity contribution is 5.88. The SMILES string of the molecule is CCCCC(CN(O)C=O)C(=O)NC(C(=O)N(C)C)C(C)C. The minimum Gasteiger partial charge on any atom is -0.347 e. The third-order valence-electron chi connectivity index (χ3n) is 3.48. The van der Waals surface area contributed by atoms with Crippen molar-refractivity contribution < 1.29 is 19.6 Å². The average Bonchev–Trinajstić information content (AvgIpc) is 2.47. The Labute approximate surface area is 132 Å². The molecule has 0 aliphatic heterocycles. The second-order valence-corrected chi connectivity index (χ2v) is 6.03. The Bertz CT molecular complexity index is 372. The number of hydrogen-bond acceptors (Lipinski definition) is 4. The number of hydrogen-bond donors (Lipinski definition) is 2. The van der Waals surface area contributed by atoms with Crippen LogP contribution in [0.5, 0.6) is 0 Å². The van der Waals surface area contributed by atoms with Crippen LogP contribution in [0.2, 0.25) is 0 Å². The molecule has 0 radical (unpaired) electrons. The molecule has 0 aromatic rings. The summed E-state index contributed by atoms with van der Waals surface area (Å²) in [6.45, 7) is 5.64. The molecule has 2 atom stereocenters. The monoisotopic (exact) mass is 315 g/mol. The summed E-state index contributed by atoms with van der Waals surface area (Å²) in [7, 11) is 3.28. The Hall–Kier alpha value is -1.63. The van der Waals surface area contributed by atoms with Gasteiger partial charge in [0, 0.05) is 14.1 Å². The van der Waals surface area contributed by atoms with Crippen molar-refractivity contribution in [3.63, 3.8) is 0 Å². The van der Waals surface area contributed by atoms with Gasteiger partial charge in [-0.3, -0.25) is 19.6 Å². The van der Waals surface area contributed by atoms with Crippen LogP contribution in [0.4, 0.5) is 0 Å². The lowest BCUT2D eigenvalue weighted by molar-refractivity contribution is -0.155. The molecule has 0 heterocycles. The van der Waals surface area contributed by atoms with Crippen molar-refractivity contribution in [2.24, 2.45) is 11.8 Å². The molecule has 0 saturated heterocycles. The summed E-state index contributed by atoms with van der Waals surface area (Å²) in [5, 5.41) is 12.5. The lowest BCUT2D eigenvalue weighted by atomic mass is 9.98. The number of hydroxylamine groups is 2. The first-order valence-corrected chi connectivity index (χ1v) is 7.66. The van der Waals surface area contributed by atoms with Gasteiger partial charge in [0.15, 0.2) is 0 Å². The zero-order valence-corrected chi connectivity index (χ0v) is 14.2. The van der Waals surface area contributed by atoms with Gasteiger partial charge in [0.05, 0.1) is 12.5 Å². The molecule has 0 aromatic heterocycles. The molecule has 128 valence electrons. The normalized spacial score (nSPS) is 13.4. The van der Waals surface area contributed by atoms with Crippen LogP contribution in [0.3, 0.4) is 0 Å². The molecule has 2 unspecified atom stereocenters. The van der Waals surface area contributed by atoms with Crippen molar-refractivity contribution in [1.29, 1.82) is 0 Å². The second-order valence-electron chi connectivity index (χ2n) is 6.03. The quantitative estimate of drug-likeness (QED) is 0.355. The molecule has 0 aliphatic carbocycles. The molecule has 7 heteroatoms. The van der Waals surface area contributed by atoms with E-state index in [1.54, 1.807) is 14.1 Å². The molecule has 0 saturated carbocycles. The number of likely N-dealkylation sites (N-methyl/N-ethyl adjacent to an activating group) is 1. The minimum absolute atomic E-state index is 0.0537. The van der Waals surface area contributed by atoms with Crippen LogP contribution < -0.4 is 5.32 Å². The zero-order chi connectivity index (χ0) is 17.3. The standard InChI is InChI=1S/C15H29N3O4/c1-6-7-8-12(9-18(22)10-19)14(20)16-13(11(2)3)15(21)17(4)5/h10-13,22H,6-9H2,1-5H3,(H,16,20). The molecular weight excluding hydrogens is 286 g/mol. The smallest absolute Gasteiger partial charge is 0.244 e. The van der Waals surface area contributed by atoms with Crippen LogP contribution in [-0.4, -0.2) is 60.1 Å². The number of carbonyl (C=O) groups excluding carboxylic acids is 3. The Morgan fingerprint density at radius 2 is 1.86 bits per heavy atom. The lowest BCUT2D eigenvalue weighted by Gasteiger charge is -2.27. The molecule has 0 bridgehead atoms. The summed E-state index contributed by atoms with van der Waals surface area (Å²) in [6, 6.07) is -0.616. The maximum atomic E-state index is 12.4. The third kappa shape index (κ3) is 6.89. The van der Waals surface area contributed by atoms with E-state index in [1.807, 2.05) is 20.8 Å². The molecule has 3 amide bonds. The van der Waals surface area contributed by atoms with Crippen LogP contribution in [0.15, 0.2) is 0 Å². The van der Waals surface area contributed by atoms with Crippen LogP contribution in [0.25, 0.3) is 0 Å². The van der Waals surface area contributed by atoms with Crippen LogP contribution >= 0.6 is 0 Å². The Balaban J connectivity index is 4.94. The van der Waals surface area contributed by atoms with Gasteiger partial charge in [-0.1, -0.05) is 33.6 Å². The molecule has 22 heavy (non-hydrogen) atoms. The average molecular weight is 315 g/mol. The summed E-state index contributed by atoms with van der Waals surface area (Å²) in [6.07, 6.45) is 2.53. The molecule has 0 spiro atoms. The Morgan fingerprint density at radius 3 is 2.27 bits per heavy atom. The first-order chi connectivity index (χ1) is 10.2. The number of carbonyl (C=O) groups is 3. The second kappa shape index (κ2) is 10.2. The summed E-state index contributed by atoms with van der Waals surface area (Å²) >= 11 is 0. The molecule has 2 N–H and O–H groups in total. The minimum atomic E-state index is -0.616. The van der Waals surface area contributed by atoms with E-state index >= 15 is 0 Å². The van der Waals surface area contributed by atoms with E-state index in [2.05, 4.69) is 5.32 Å². The largest absolute Gasteiger partial charge is 0.347 e. The molecule has 0 fully saturated rings. The maximum absolute atomic E-state index is 12.4. The molecular formula is C15H29N3O4. The van der Waals surface area contributed by atoms with Gasteiger partial charge in [0.2, 0.25) is 18.2 Å². The fraction of sp³-hybridized carbons (Fsp3) is 0.800. The van der Waals surface area contributed by atoms with Crippen molar-refractivity contribution in [2.45, 2.75) is 46.1 Å². The number of amides is 3. The molecule has 0 rings (SSSR count). The van der Waals surface area contributed by atoms with Gasteiger partial charge in [-0.2, -0.15) is 0 Å². The number of nitrogens with zero attached hydrogens (tertiary/aromatic N) is 2. The summed E-state index contributed by atoms with van der Waals surface area (Å²) in [4.78, 5) is 36.5. The predicted octanol–water partition coefficient (Wildman–Crippen LogP) is 0.869. The van der Waals surface area contributed by atoms with Crippen LogP contribution in [0, 0.1) is 11.8 Å². The van der Waals surface area contributed by atoms with Crippen molar-refractivity contribution >= 4 is 18.2 Å². The van der Waals surface area contributed by atoms with Crippen molar-refractivity contribution in [3.8, 4) is 0 Å². The van der Waals surface area contributed by atoms with Crippen molar-refractivity contribution in [2.75, 3.05) is 20.6 Å². The summed E-state index contributed by atoms with van der Waals surface area (Å²) in [5.41, 5.74) is 0. The molecule has 7 nitrogen and oxygen atoms in total. The predicted molar refractivity (Wildman–Crippen MR) is 83.0 cm³/mol. The summed E-state index contributed by atoms with van der Waals surface area (Å²) in [5.74, 6) is -1.08. The third-order valence-corrected chi connectivity index (χ3v) is 3.48. The Kier molecular flexibility index (Phi) is 9.40. The first-order valence-electron chi connectivity index (χ1n) is 7.66. The highest BCUT2D eigenvalue weighted by Crippen LogP contribution is 2.12. The van der Waals surface area contributed by atoms with Gasteiger partial charge in [-0.15, -0.1) is 0 Å². The van der Waals surface area contributed by atoms with Gasteiger partial charge < -0.3 is 10.2 Å². The lowest BCUT2D eigenvalue weighted by Crippen LogP contribution is -2.51. The van der Waals surface area contributed by atoms with Crippen LogP contribution in [-0.2, 0) is 14.4 Å². The fourth-order valence-corrected chi connectivity index (χ4v) is 2.09. The van der Waals surface area contributed by atoms with E-state index in [0.29, 0.717) is 11.5 Å². The molecule has 0 aliphatic rings. The van der Waals surface area contributed by atoms with Gasteiger partial charge in [0.1, 0.15) is 6.04 Å². The Morgan fingerprint density at radius 1 is 1.27 bits per heavy atom. The van der Waals surface area contributed by atoms with Crippen LogP contribution in [0.1, 0.15) is 40.0 Å². The van der Waals surface area contributed by atoms with Gasteiger partial charge in [0.25, 0.3) is 0 Å². The van der Waals surface area contributed by atoms with E-state index in [9.17, 15) is 19.6 Å². The van der Waals surface area contributed by atoms with E-state index in [-0.39, 0.29) is 30.7 Å². The zero-order valence-electron chi connectivity index (χ0n) is 14.2. The number of rotatable bonds is 10. The first kappa shape index (κ1) is 20.4. The topological polar surface area (TPSA) is 90.0 Å². The number of nitrogens with one attached hydrogen (secondary N) is 1. The highest BCUT2D eigenvalue weighted by Gasteiger charge is 2.29. The maximum Gasteiger partial charge on any atom is 0.244 e. The van der Waals surface area contributed by atoms with E-state index in [0.717, 1.165) is 12.8 Å². The van der Waals surface area contributed by atoms with Gasteiger partial charge in [-0.25, -0.2) is 5.06 Å². The van der Waals surface area contributed by atoms with E-state index in [1.165, 1.54) is 4.90 Å². The number of unbranched alkanes of at least 4 members (excludes halogenated alkanes) is 1. The van der Waals surface area contributed by atoms with Crippen molar-refractivity contribution in [3.05, 3.63) is 0 Å². The van der Waals surface area contributed by atoms with Gasteiger partial charge in [-0.05, 0) is 12.3 Å². The highest BCUT2D eigenvalue weighted by atomic mass is 16.5. The van der Waals surface area contributed by atoms with Gasteiger partial charge >= 0.3 is 0 Å².